The molecule has 1 aromatic rings. The number of benzene rings is 1. The molecule has 70 valence electrons. The SMILES string of the molecule is CC1COc2ccc(Cl)c(N)c2O1. The number of anilines is 1. The molecule has 1 atom stereocenters. The molecule has 0 amide bonds. The smallest absolute Gasteiger partial charge is 0.186 e. The van der Waals surface area contributed by atoms with Crippen LogP contribution in [0.4, 0.5) is 5.69 Å². The van der Waals surface area contributed by atoms with E-state index in [-0.39, 0.29) is 6.10 Å². The summed E-state index contributed by atoms with van der Waals surface area (Å²) in [6.07, 6.45) is 0.0215. The summed E-state index contributed by atoms with van der Waals surface area (Å²) >= 11 is 5.83. The Morgan fingerprint density at radius 1 is 1.54 bits per heavy atom. The summed E-state index contributed by atoms with van der Waals surface area (Å²) in [5.41, 5.74) is 6.18. The lowest BCUT2D eigenvalue weighted by Crippen LogP contribution is -2.26. The van der Waals surface area contributed by atoms with Gasteiger partial charge in [-0.15, -0.1) is 0 Å². The number of rotatable bonds is 0. The fourth-order valence-corrected chi connectivity index (χ4v) is 1.38. The van der Waals surface area contributed by atoms with Crippen molar-refractivity contribution in [3.05, 3.63) is 17.2 Å². The van der Waals surface area contributed by atoms with Crippen LogP contribution in [0.3, 0.4) is 0 Å². The van der Waals surface area contributed by atoms with E-state index in [4.69, 9.17) is 26.8 Å². The van der Waals surface area contributed by atoms with Crippen LogP contribution >= 0.6 is 11.6 Å². The summed E-state index contributed by atoms with van der Waals surface area (Å²) in [6.45, 7) is 2.47. The summed E-state index contributed by atoms with van der Waals surface area (Å²) in [5, 5.41) is 0.497. The molecule has 0 bridgehead atoms. The van der Waals surface area contributed by atoms with Gasteiger partial charge in [-0.25, -0.2) is 0 Å². The zero-order chi connectivity index (χ0) is 9.42. The first kappa shape index (κ1) is 8.51. The quantitative estimate of drug-likeness (QED) is 0.651. The van der Waals surface area contributed by atoms with Gasteiger partial charge in [0, 0.05) is 0 Å². The Morgan fingerprint density at radius 2 is 2.31 bits per heavy atom. The highest BCUT2D eigenvalue weighted by atomic mass is 35.5. The van der Waals surface area contributed by atoms with Crippen LogP contribution in [0.5, 0.6) is 11.5 Å². The molecule has 1 unspecified atom stereocenters. The Balaban J connectivity index is 2.48. The van der Waals surface area contributed by atoms with Crippen molar-refractivity contribution >= 4 is 17.3 Å². The maximum atomic E-state index is 5.83. The lowest BCUT2D eigenvalue weighted by atomic mass is 10.2. The lowest BCUT2D eigenvalue weighted by Gasteiger charge is -2.25. The fourth-order valence-electron chi connectivity index (χ4n) is 1.23. The molecule has 4 heteroatoms. The molecule has 1 aromatic carbocycles. The third-order valence-corrected chi connectivity index (χ3v) is 2.23. The molecule has 0 saturated carbocycles. The van der Waals surface area contributed by atoms with E-state index in [9.17, 15) is 0 Å². The molecule has 3 nitrogen and oxygen atoms in total. The number of nitrogen functional groups attached to an aromatic ring is 1. The first-order chi connectivity index (χ1) is 6.18. The second kappa shape index (κ2) is 3.00. The van der Waals surface area contributed by atoms with Gasteiger partial charge in [0.05, 0.1) is 10.7 Å². The van der Waals surface area contributed by atoms with Crippen LogP contribution < -0.4 is 15.2 Å². The van der Waals surface area contributed by atoms with Crippen LogP contribution in [0, 0.1) is 0 Å². The van der Waals surface area contributed by atoms with Gasteiger partial charge in [-0.2, -0.15) is 0 Å². The van der Waals surface area contributed by atoms with Gasteiger partial charge in [0.2, 0.25) is 0 Å². The summed E-state index contributed by atoms with van der Waals surface area (Å²) in [6, 6.07) is 3.47. The first-order valence-electron chi connectivity index (χ1n) is 4.06. The van der Waals surface area contributed by atoms with Gasteiger partial charge in [-0.3, -0.25) is 0 Å². The number of hydrogen-bond acceptors (Lipinski definition) is 3. The fraction of sp³-hybridized carbons (Fsp3) is 0.333. The van der Waals surface area contributed by atoms with E-state index < -0.39 is 0 Å². The highest BCUT2D eigenvalue weighted by Crippen LogP contribution is 2.40. The van der Waals surface area contributed by atoms with Crippen LogP contribution in [0.25, 0.3) is 0 Å². The van der Waals surface area contributed by atoms with Gasteiger partial charge in [-0.05, 0) is 19.1 Å². The van der Waals surface area contributed by atoms with Crippen molar-refractivity contribution in [1.29, 1.82) is 0 Å². The molecule has 1 heterocycles. The molecule has 0 aliphatic carbocycles. The Morgan fingerprint density at radius 3 is 3.08 bits per heavy atom. The molecule has 0 fully saturated rings. The average Bonchev–Trinajstić information content (AvgIpc) is 2.12. The molecule has 13 heavy (non-hydrogen) atoms. The van der Waals surface area contributed by atoms with E-state index in [0.717, 1.165) is 0 Å². The van der Waals surface area contributed by atoms with Crippen LogP contribution in [-0.2, 0) is 0 Å². The molecule has 0 aromatic heterocycles. The van der Waals surface area contributed by atoms with Crippen molar-refractivity contribution in [2.45, 2.75) is 13.0 Å². The minimum absolute atomic E-state index is 0.0215. The minimum atomic E-state index is 0.0215. The number of hydrogen-bond donors (Lipinski definition) is 1. The van der Waals surface area contributed by atoms with Crippen molar-refractivity contribution in [2.75, 3.05) is 12.3 Å². The molecule has 2 N–H and O–H groups in total. The van der Waals surface area contributed by atoms with E-state index in [1.54, 1.807) is 12.1 Å². The molecule has 0 radical (unpaired) electrons. The summed E-state index contributed by atoms with van der Waals surface area (Å²) < 4.78 is 10.9. The highest BCUT2D eigenvalue weighted by molar-refractivity contribution is 6.33. The van der Waals surface area contributed by atoms with Gasteiger partial charge in [0.25, 0.3) is 0 Å². The Bertz CT molecular complexity index is 341. The predicted molar refractivity (Wildman–Crippen MR) is 51.4 cm³/mol. The zero-order valence-electron chi connectivity index (χ0n) is 7.21. The lowest BCUT2D eigenvalue weighted by molar-refractivity contribution is 0.105. The zero-order valence-corrected chi connectivity index (χ0v) is 7.97. The Labute approximate surface area is 81.4 Å². The van der Waals surface area contributed by atoms with Crippen molar-refractivity contribution in [3.63, 3.8) is 0 Å². The van der Waals surface area contributed by atoms with Crippen LogP contribution in [0.1, 0.15) is 6.92 Å². The molecule has 1 aliphatic heterocycles. The van der Waals surface area contributed by atoms with Gasteiger partial charge in [0.15, 0.2) is 11.5 Å². The van der Waals surface area contributed by atoms with Crippen LogP contribution in [0.15, 0.2) is 12.1 Å². The topological polar surface area (TPSA) is 44.5 Å². The summed E-state index contributed by atoms with van der Waals surface area (Å²) in [5.74, 6) is 1.23. The molecule has 1 aliphatic rings. The second-order valence-corrected chi connectivity index (χ2v) is 3.43. The number of fused-ring (bicyclic) bond motifs is 1. The second-order valence-electron chi connectivity index (χ2n) is 3.03. The Hall–Kier alpha value is -1.09. The van der Waals surface area contributed by atoms with E-state index >= 15 is 0 Å². The molecular formula is C9H10ClNO2. The van der Waals surface area contributed by atoms with Crippen LogP contribution in [0.2, 0.25) is 5.02 Å². The van der Waals surface area contributed by atoms with Gasteiger partial charge >= 0.3 is 0 Å². The highest BCUT2D eigenvalue weighted by Gasteiger charge is 2.20. The maximum absolute atomic E-state index is 5.83. The minimum Gasteiger partial charge on any atom is -0.486 e. The Kier molecular flexibility index (Phi) is 1.96. The van der Waals surface area contributed by atoms with Crippen molar-refractivity contribution in [1.82, 2.24) is 0 Å². The van der Waals surface area contributed by atoms with Gasteiger partial charge in [-0.1, -0.05) is 11.6 Å². The maximum Gasteiger partial charge on any atom is 0.186 e. The van der Waals surface area contributed by atoms with Crippen molar-refractivity contribution < 1.29 is 9.47 Å². The largest absolute Gasteiger partial charge is 0.486 e. The predicted octanol–water partition coefficient (Wildman–Crippen LogP) is 2.08. The molecule has 2 rings (SSSR count). The normalized spacial score (nSPS) is 20.0. The standard InChI is InChI=1S/C9H10ClNO2/c1-5-4-12-7-3-2-6(10)8(11)9(7)13-5/h2-3,5H,4,11H2,1H3. The molecule has 0 spiro atoms. The van der Waals surface area contributed by atoms with Gasteiger partial charge in [0.1, 0.15) is 12.7 Å². The number of halogens is 1. The van der Waals surface area contributed by atoms with E-state index in [2.05, 4.69) is 0 Å². The van der Waals surface area contributed by atoms with Crippen LogP contribution in [-0.4, -0.2) is 12.7 Å². The third kappa shape index (κ3) is 1.40. The van der Waals surface area contributed by atoms with Crippen molar-refractivity contribution in [2.24, 2.45) is 0 Å². The average molecular weight is 200 g/mol. The van der Waals surface area contributed by atoms with Gasteiger partial charge < -0.3 is 15.2 Å². The molecule has 0 saturated heterocycles. The summed E-state index contributed by atoms with van der Waals surface area (Å²) in [7, 11) is 0. The number of nitrogens with two attached hydrogens (primary N) is 1. The molecular weight excluding hydrogens is 190 g/mol. The first-order valence-corrected chi connectivity index (χ1v) is 4.43. The third-order valence-electron chi connectivity index (χ3n) is 1.90. The monoisotopic (exact) mass is 199 g/mol. The van der Waals surface area contributed by atoms with E-state index in [1.807, 2.05) is 6.92 Å². The van der Waals surface area contributed by atoms with E-state index in [1.165, 1.54) is 0 Å². The summed E-state index contributed by atoms with van der Waals surface area (Å²) in [4.78, 5) is 0. The van der Waals surface area contributed by atoms with E-state index in [0.29, 0.717) is 28.8 Å². The van der Waals surface area contributed by atoms with Crippen molar-refractivity contribution in [3.8, 4) is 11.5 Å². The number of ether oxygens (including phenoxy) is 2.